The fourth-order valence-electron chi connectivity index (χ4n) is 4.39. The highest BCUT2D eigenvalue weighted by atomic mass is 28.4. The predicted molar refractivity (Wildman–Crippen MR) is 138 cm³/mol. The van der Waals surface area contributed by atoms with Gasteiger partial charge in [0.05, 0.1) is 0 Å². The van der Waals surface area contributed by atoms with Crippen molar-refractivity contribution >= 4 is 18.7 Å². The monoisotopic (exact) mass is 462 g/mol. The molecule has 1 atom stereocenters. The van der Waals surface area contributed by atoms with Crippen molar-refractivity contribution in [3.05, 3.63) is 108 Å². The van der Waals surface area contributed by atoms with Gasteiger partial charge in [-0.05, 0) is 46.3 Å². The summed E-state index contributed by atoms with van der Waals surface area (Å²) in [7, 11) is -2.62. The summed E-state index contributed by atoms with van der Waals surface area (Å²) in [5.41, 5.74) is 1.10. The van der Waals surface area contributed by atoms with E-state index < -0.39 is 20.2 Å². The Morgan fingerprint density at radius 3 is 1.85 bits per heavy atom. The van der Waals surface area contributed by atoms with E-state index in [0.29, 0.717) is 25.9 Å². The first-order valence-electron chi connectivity index (χ1n) is 11.7. The molecule has 33 heavy (non-hydrogen) atoms. The number of hydrogen-bond acceptors (Lipinski definition) is 2. The van der Waals surface area contributed by atoms with Gasteiger partial charge in [0.1, 0.15) is 11.9 Å². The lowest BCUT2D eigenvalue weighted by atomic mass is 10.1. The summed E-state index contributed by atoms with van der Waals surface area (Å²) in [6.45, 7) is 7.07. The molecule has 2 nitrogen and oxygen atoms in total. The van der Waals surface area contributed by atoms with E-state index in [1.807, 2.05) is 42.5 Å². The number of aryl methyl sites for hydroxylation is 1. The number of rotatable bonds is 10. The maximum absolute atomic E-state index is 14.6. The van der Waals surface area contributed by atoms with Crippen LogP contribution in [0.15, 0.2) is 103 Å². The Labute approximate surface area is 198 Å². The predicted octanol–water partition coefficient (Wildman–Crippen LogP) is 5.80. The van der Waals surface area contributed by atoms with Gasteiger partial charge < -0.3 is 9.53 Å². The lowest BCUT2D eigenvalue weighted by molar-refractivity contribution is 0.172. The van der Waals surface area contributed by atoms with Gasteiger partial charge in [-0.15, -0.1) is 0 Å². The van der Waals surface area contributed by atoms with Crippen LogP contribution in [0.3, 0.4) is 0 Å². The van der Waals surface area contributed by atoms with Crippen LogP contribution in [0.5, 0.6) is 0 Å². The first kappa shape index (κ1) is 25.1. The zero-order chi connectivity index (χ0) is 23.7. The molecule has 4 heteroatoms. The van der Waals surface area contributed by atoms with Gasteiger partial charge in [0, 0.05) is 6.61 Å². The number of aliphatic hydroxyl groups is 1. The molecule has 0 aromatic heterocycles. The molecule has 0 aliphatic heterocycles. The summed E-state index contributed by atoms with van der Waals surface area (Å²) >= 11 is 0. The molecule has 3 rings (SSSR count). The van der Waals surface area contributed by atoms with Gasteiger partial charge in [-0.1, -0.05) is 112 Å². The molecule has 0 aliphatic carbocycles. The van der Waals surface area contributed by atoms with E-state index in [1.165, 1.54) is 16.4 Å². The molecule has 0 bridgehead atoms. The Morgan fingerprint density at radius 1 is 0.879 bits per heavy atom. The number of benzene rings is 3. The minimum atomic E-state index is -2.62. The second-order valence-electron chi connectivity index (χ2n) is 9.43. The fourth-order valence-corrected chi connectivity index (χ4v) is 8.97. The maximum Gasteiger partial charge on any atom is 0.261 e. The Morgan fingerprint density at radius 2 is 1.36 bits per heavy atom. The molecule has 1 N–H and O–H groups in total. The summed E-state index contributed by atoms with van der Waals surface area (Å²) in [6.07, 6.45) is 1.81. The second-order valence-corrected chi connectivity index (χ2v) is 13.7. The number of hydrogen-bond donors (Lipinski definition) is 1. The molecule has 0 heterocycles. The summed E-state index contributed by atoms with van der Waals surface area (Å²) in [5, 5.41) is 12.5. The minimum absolute atomic E-state index is 0.118. The van der Waals surface area contributed by atoms with Crippen molar-refractivity contribution in [2.24, 2.45) is 0 Å². The van der Waals surface area contributed by atoms with Gasteiger partial charge >= 0.3 is 0 Å². The molecular weight excluding hydrogens is 427 g/mol. The highest BCUT2D eigenvalue weighted by Gasteiger charge is 2.49. The molecular formula is C29H35FO2Si. The van der Waals surface area contributed by atoms with E-state index in [9.17, 15) is 9.50 Å². The van der Waals surface area contributed by atoms with Gasteiger partial charge in [0.2, 0.25) is 0 Å². The molecule has 0 amide bonds. The van der Waals surface area contributed by atoms with Crippen LogP contribution in [-0.2, 0) is 10.8 Å². The van der Waals surface area contributed by atoms with Crippen LogP contribution in [0, 0.1) is 0 Å². The minimum Gasteiger partial charge on any atom is -0.407 e. The van der Waals surface area contributed by atoms with E-state index in [2.05, 4.69) is 69.3 Å². The van der Waals surface area contributed by atoms with Crippen LogP contribution in [0.4, 0.5) is 4.39 Å². The largest absolute Gasteiger partial charge is 0.407 e. The standard InChI is InChI=1S/C29H35FO2Si/c1-29(2,3)33(25-16-9-5-10-17-25,26-18-11-6-12-19-26)32-23-13-20-27(30)28(31)22-21-24-14-7-4-8-15-24/h4-12,14-20,28,31H,13,21-23H2,1-3H3/b27-20-. The summed E-state index contributed by atoms with van der Waals surface area (Å²) < 4.78 is 21.3. The summed E-state index contributed by atoms with van der Waals surface area (Å²) in [5.74, 6) is -0.475. The van der Waals surface area contributed by atoms with E-state index in [-0.39, 0.29) is 5.04 Å². The lowest BCUT2D eigenvalue weighted by Gasteiger charge is -2.43. The highest BCUT2D eigenvalue weighted by Crippen LogP contribution is 2.36. The SMILES string of the molecule is CC(C)(C)[Si](OCC/C=C(\F)C(O)CCc1ccccc1)(c1ccccc1)c1ccccc1. The number of halogens is 1. The summed E-state index contributed by atoms with van der Waals surface area (Å²) in [4.78, 5) is 0. The average molecular weight is 463 g/mol. The van der Waals surface area contributed by atoms with E-state index >= 15 is 0 Å². The van der Waals surface area contributed by atoms with E-state index in [1.54, 1.807) is 0 Å². The third-order valence-corrected chi connectivity index (χ3v) is 11.1. The normalized spacial score (nSPS) is 13.7. The Balaban J connectivity index is 1.72. The molecule has 0 radical (unpaired) electrons. The van der Waals surface area contributed by atoms with Crippen molar-refractivity contribution in [3.63, 3.8) is 0 Å². The fraction of sp³-hybridized carbons (Fsp3) is 0.310. The van der Waals surface area contributed by atoms with Crippen molar-refractivity contribution in [1.82, 2.24) is 0 Å². The topological polar surface area (TPSA) is 29.5 Å². The van der Waals surface area contributed by atoms with Gasteiger partial charge in [-0.25, -0.2) is 4.39 Å². The molecule has 0 saturated carbocycles. The Hall–Kier alpha value is -2.53. The molecule has 174 valence electrons. The average Bonchev–Trinajstić information content (AvgIpc) is 2.83. The Kier molecular flexibility index (Phi) is 8.78. The number of aliphatic hydroxyl groups excluding tert-OH is 1. The van der Waals surface area contributed by atoms with Crippen LogP contribution in [-0.4, -0.2) is 26.1 Å². The van der Waals surface area contributed by atoms with Crippen LogP contribution in [0.1, 0.15) is 39.2 Å². The van der Waals surface area contributed by atoms with E-state index in [4.69, 9.17) is 4.43 Å². The molecule has 3 aromatic rings. The van der Waals surface area contributed by atoms with Crippen molar-refractivity contribution < 1.29 is 13.9 Å². The third-order valence-electron chi connectivity index (χ3n) is 6.06. The molecule has 0 saturated heterocycles. The van der Waals surface area contributed by atoms with Crippen LogP contribution < -0.4 is 10.4 Å². The smallest absolute Gasteiger partial charge is 0.261 e. The quantitative estimate of drug-likeness (QED) is 0.305. The molecule has 1 unspecified atom stereocenters. The van der Waals surface area contributed by atoms with Gasteiger partial charge in [-0.2, -0.15) is 0 Å². The van der Waals surface area contributed by atoms with Gasteiger partial charge in [-0.3, -0.25) is 0 Å². The zero-order valence-electron chi connectivity index (χ0n) is 19.9. The second kappa shape index (κ2) is 11.6. The van der Waals surface area contributed by atoms with Gasteiger partial charge in [0.25, 0.3) is 8.32 Å². The highest BCUT2D eigenvalue weighted by molar-refractivity contribution is 6.99. The Bertz CT molecular complexity index is 959. The van der Waals surface area contributed by atoms with Crippen LogP contribution >= 0.6 is 0 Å². The van der Waals surface area contributed by atoms with Crippen molar-refractivity contribution in [1.29, 1.82) is 0 Å². The zero-order valence-corrected chi connectivity index (χ0v) is 20.9. The first-order chi connectivity index (χ1) is 15.8. The van der Waals surface area contributed by atoms with E-state index in [0.717, 1.165) is 5.56 Å². The van der Waals surface area contributed by atoms with Crippen molar-refractivity contribution in [2.75, 3.05) is 6.61 Å². The van der Waals surface area contributed by atoms with Crippen LogP contribution in [0.2, 0.25) is 5.04 Å². The summed E-state index contributed by atoms with van der Waals surface area (Å²) in [6, 6.07) is 30.7. The molecule has 0 spiro atoms. The van der Waals surface area contributed by atoms with Crippen molar-refractivity contribution in [2.45, 2.75) is 51.2 Å². The molecule has 0 fully saturated rings. The van der Waals surface area contributed by atoms with Crippen LogP contribution in [0.25, 0.3) is 0 Å². The lowest BCUT2D eigenvalue weighted by Crippen LogP contribution is -2.66. The molecule has 0 aliphatic rings. The van der Waals surface area contributed by atoms with Crippen molar-refractivity contribution in [3.8, 4) is 0 Å². The van der Waals surface area contributed by atoms with Gasteiger partial charge in [0.15, 0.2) is 0 Å². The first-order valence-corrected chi connectivity index (χ1v) is 13.6. The maximum atomic E-state index is 14.6. The molecule has 3 aromatic carbocycles. The third kappa shape index (κ3) is 6.29.